The minimum Gasteiger partial charge on any atom is -0.484 e. The number of hydrogen-bond donors (Lipinski definition) is 2. The summed E-state index contributed by atoms with van der Waals surface area (Å²) in [6.45, 7) is 0.497. The van der Waals surface area contributed by atoms with Crippen LogP contribution in [0.2, 0.25) is 0 Å². The van der Waals surface area contributed by atoms with Crippen molar-refractivity contribution in [2.75, 3.05) is 6.61 Å². The molecule has 1 aromatic carbocycles. The van der Waals surface area contributed by atoms with E-state index in [0.29, 0.717) is 0 Å². The first-order chi connectivity index (χ1) is 8.78. The molecule has 1 unspecified atom stereocenters. The van der Waals surface area contributed by atoms with Crippen LogP contribution in [-0.2, 0) is 11.3 Å². The van der Waals surface area contributed by atoms with Gasteiger partial charge in [-0.05, 0) is 24.6 Å². The number of halogens is 4. The second-order valence-corrected chi connectivity index (χ2v) is 4.05. The molecule has 20 heavy (non-hydrogen) atoms. The van der Waals surface area contributed by atoms with Crippen molar-refractivity contribution in [3.63, 3.8) is 0 Å². The Bertz CT molecular complexity index is 422. The molecule has 0 fully saturated rings. The van der Waals surface area contributed by atoms with Crippen molar-refractivity contribution in [3.8, 4) is 5.75 Å². The van der Waals surface area contributed by atoms with Gasteiger partial charge in [0.05, 0.1) is 6.04 Å². The van der Waals surface area contributed by atoms with Crippen LogP contribution in [0.4, 0.5) is 13.2 Å². The zero-order chi connectivity index (χ0) is 14.5. The number of ether oxygens (including phenoxy) is 1. The van der Waals surface area contributed by atoms with Crippen LogP contribution in [0.3, 0.4) is 0 Å². The average molecular weight is 313 g/mol. The van der Waals surface area contributed by atoms with Crippen molar-refractivity contribution in [2.45, 2.75) is 25.7 Å². The molecule has 0 aromatic heterocycles. The van der Waals surface area contributed by atoms with Crippen molar-refractivity contribution in [1.82, 2.24) is 5.32 Å². The van der Waals surface area contributed by atoms with Crippen molar-refractivity contribution in [2.24, 2.45) is 5.73 Å². The first-order valence-electron chi connectivity index (χ1n) is 5.60. The standard InChI is InChI=1S/C12H15F3N2O2.ClH/c1-8(16)11(18)17-6-9-2-4-10(5-3-9)19-7-12(13,14)15;/h2-5,8H,6-7,16H2,1H3,(H,17,18);1H. The predicted octanol–water partition coefficient (Wildman–Crippen LogP) is 2.01. The summed E-state index contributed by atoms with van der Waals surface area (Å²) in [7, 11) is 0. The molecular formula is C12H16ClF3N2O2. The highest BCUT2D eigenvalue weighted by atomic mass is 35.5. The third-order valence-corrected chi connectivity index (χ3v) is 2.21. The van der Waals surface area contributed by atoms with E-state index in [1.807, 2.05) is 0 Å². The molecule has 0 saturated carbocycles. The summed E-state index contributed by atoms with van der Waals surface area (Å²) in [5.41, 5.74) is 6.11. The van der Waals surface area contributed by atoms with E-state index in [2.05, 4.69) is 10.1 Å². The molecule has 1 amide bonds. The minimum absolute atomic E-state index is 0. The van der Waals surface area contributed by atoms with Gasteiger partial charge in [0.25, 0.3) is 0 Å². The molecule has 0 bridgehead atoms. The zero-order valence-electron chi connectivity index (χ0n) is 10.7. The van der Waals surface area contributed by atoms with E-state index in [1.54, 1.807) is 19.1 Å². The highest BCUT2D eigenvalue weighted by Crippen LogP contribution is 2.18. The number of alkyl halides is 3. The Kier molecular flexibility index (Phi) is 7.38. The van der Waals surface area contributed by atoms with Gasteiger partial charge in [0.1, 0.15) is 5.75 Å². The molecule has 0 saturated heterocycles. The lowest BCUT2D eigenvalue weighted by atomic mass is 10.2. The molecule has 0 aliphatic carbocycles. The summed E-state index contributed by atoms with van der Waals surface area (Å²) in [4.78, 5) is 11.2. The summed E-state index contributed by atoms with van der Waals surface area (Å²) in [5.74, 6) is -0.169. The Morgan fingerprint density at radius 2 is 1.90 bits per heavy atom. The summed E-state index contributed by atoms with van der Waals surface area (Å²) in [6, 6.07) is 5.38. The van der Waals surface area contributed by atoms with Crippen molar-refractivity contribution >= 4 is 18.3 Å². The predicted molar refractivity (Wildman–Crippen MR) is 70.7 cm³/mol. The number of nitrogens with two attached hydrogens (primary N) is 1. The Hall–Kier alpha value is -1.47. The summed E-state index contributed by atoms with van der Waals surface area (Å²) < 4.78 is 40.3. The quantitative estimate of drug-likeness (QED) is 0.874. The molecule has 1 rings (SSSR count). The third-order valence-electron chi connectivity index (χ3n) is 2.21. The van der Waals surface area contributed by atoms with E-state index in [-0.39, 0.29) is 30.6 Å². The molecule has 8 heteroatoms. The largest absolute Gasteiger partial charge is 0.484 e. The van der Waals surface area contributed by atoms with Gasteiger partial charge in [0.2, 0.25) is 5.91 Å². The van der Waals surface area contributed by atoms with Crippen LogP contribution in [0.15, 0.2) is 24.3 Å². The highest BCUT2D eigenvalue weighted by Gasteiger charge is 2.28. The van der Waals surface area contributed by atoms with Crippen LogP contribution in [0.1, 0.15) is 12.5 Å². The monoisotopic (exact) mass is 312 g/mol. The number of nitrogens with one attached hydrogen (secondary N) is 1. The maximum absolute atomic E-state index is 11.9. The summed E-state index contributed by atoms with van der Waals surface area (Å²) >= 11 is 0. The molecule has 0 aliphatic heterocycles. The number of hydrogen-bond acceptors (Lipinski definition) is 3. The van der Waals surface area contributed by atoms with Crippen molar-refractivity contribution in [1.29, 1.82) is 0 Å². The first-order valence-corrected chi connectivity index (χ1v) is 5.60. The Balaban J connectivity index is 0.00000361. The first kappa shape index (κ1) is 18.5. The van der Waals surface area contributed by atoms with E-state index < -0.39 is 18.8 Å². The van der Waals surface area contributed by atoms with E-state index >= 15 is 0 Å². The minimum atomic E-state index is -4.36. The van der Waals surface area contributed by atoms with Gasteiger partial charge in [-0.15, -0.1) is 12.4 Å². The second-order valence-electron chi connectivity index (χ2n) is 4.05. The van der Waals surface area contributed by atoms with Crippen molar-refractivity contribution in [3.05, 3.63) is 29.8 Å². The van der Waals surface area contributed by atoms with Crippen LogP contribution in [0.25, 0.3) is 0 Å². The van der Waals surface area contributed by atoms with Gasteiger partial charge < -0.3 is 15.8 Å². The van der Waals surface area contributed by atoms with E-state index in [9.17, 15) is 18.0 Å². The van der Waals surface area contributed by atoms with Gasteiger partial charge in [-0.1, -0.05) is 12.1 Å². The number of carbonyl (C=O) groups is 1. The molecule has 0 aliphatic rings. The Morgan fingerprint density at radius 3 is 2.35 bits per heavy atom. The fourth-order valence-corrected chi connectivity index (χ4v) is 1.22. The Morgan fingerprint density at radius 1 is 1.35 bits per heavy atom. The topological polar surface area (TPSA) is 64.4 Å². The van der Waals surface area contributed by atoms with Gasteiger partial charge in [-0.2, -0.15) is 13.2 Å². The van der Waals surface area contributed by atoms with Crippen molar-refractivity contribution < 1.29 is 22.7 Å². The number of amides is 1. The van der Waals surface area contributed by atoms with Gasteiger partial charge in [0, 0.05) is 6.54 Å². The molecule has 1 atom stereocenters. The molecule has 0 heterocycles. The third kappa shape index (κ3) is 7.20. The maximum Gasteiger partial charge on any atom is 0.422 e. The van der Waals surface area contributed by atoms with Crippen LogP contribution in [0, 0.1) is 0 Å². The van der Waals surface area contributed by atoms with Crippen LogP contribution < -0.4 is 15.8 Å². The fraction of sp³-hybridized carbons (Fsp3) is 0.417. The van der Waals surface area contributed by atoms with Gasteiger partial charge in [0.15, 0.2) is 6.61 Å². The van der Waals surface area contributed by atoms with E-state index in [1.165, 1.54) is 12.1 Å². The molecule has 0 radical (unpaired) electrons. The molecular weight excluding hydrogens is 297 g/mol. The smallest absolute Gasteiger partial charge is 0.422 e. The molecule has 0 spiro atoms. The number of carbonyl (C=O) groups excluding carboxylic acids is 1. The van der Waals surface area contributed by atoms with E-state index in [0.717, 1.165) is 5.56 Å². The van der Waals surface area contributed by atoms with Crippen LogP contribution >= 0.6 is 12.4 Å². The van der Waals surface area contributed by atoms with Gasteiger partial charge in [-0.3, -0.25) is 4.79 Å². The zero-order valence-corrected chi connectivity index (χ0v) is 11.6. The molecule has 4 nitrogen and oxygen atoms in total. The maximum atomic E-state index is 11.9. The highest BCUT2D eigenvalue weighted by molar-refractivity contribution is 5.85. The normalized spacial score (nSPS) is 12.2. The summed E-state index contributed by atoms with van der Waals surface area (Å²) in [5, 5.41) is 2.59. The number of benzene rings is 1. The van der Waals surface area contributed by atoms with E-state index in [4.69, 9.17) is 5.73 Å². The molecule has 114 valence electrons. The molecule has 1 aromatic rings. The fourth-order valence-electron chi connectivity index (χ4n) is 1.22. The van der Waals surface area contributed by atoms with Gasteiger partial charge in [-0.25, -0.2) is 0 Å². The average Bonchev–Trinajstić information content (AvgIpc) is 2.33. The second kappa shape index (κ2) is 7.96. The van der Waals surface area contributed by atoms with Crippen LogP contribution in [0.5, 0.6) is 5.75 Å². The number of rotatable bonds is 5. The lowest BCUT2D eigenvalue weighted by Gasteiger charge is -2.10. The lowest BCUT2D eigenvalue weighted by molar-refractivity contribution is -0.153. The lowest BCUT2D eigenvalue weighted by Crippen LogP contribution is -2.37. The van der Waals surface area contributed by atoms with Crippen LogP contribution in [-0.4, -0.2) is 24.7 Å². The Labute approximate surface area is 120 Å². The SMILES string of the molecule is CC(N)C(=O)NCc1ccc(OCC(F)(F)F)cc1.Cl. The van der Waals surface area contributed by atoms with Gasteiger partial charge >= 0.3 is 6.18 Å². The summed E-state index contributed by atoms with van der Waals surface area (Å²) in [6.07, 6.45) is -4.36. The molecule has 3 N–H and O–H groups in total.